The molecule has 0 spiro atoms. The topological polar surface area (TPSA) is 88.9 Å². The van der Waals surface area contributed by atoms with E-state index in [4.69, 9.17) is 0 Å². The van der Waals surface area contributed by atoms with E-state index in [9.17, 15) is 22.8 Å². The molecule has 11 heteroatoms. The van der Waals surface area contributed by atoms with E-state index in [2.05, 4.69) is 20.8 Å². The number of aromatic nitrogens is 3. The van der Waals surface area contributed by atoms with Gasteiger partial charge in [0, 0.05) is 13.1 Å². The fourth-order valence-electron chi connectivity index (χ4n) is 2.72. The lowest BCUT2D eigenvalue weighted by Gasteiger charge is -2.14. The quantitative estimate of drug-likeness (QED) is 0.540. The lowest BCUT2D eigenvalue weighted by atomic mass is 10.2. The van der Waals surface area contributed by atoms with E-state index in [1.54, 1.807) is 24.6 Å². The van der Waals surface area contributed by atoms with E-state index in [1.165, 1.54) is 18.2 Å². The maximum Gasteiger partial charge on any atom is 0.254 e. The van der Waals surface area contributed by atoms with Crippen molar-refractivity contribution in [2.75, 3.05) is 11.1 Å². The van der Waals surface area contributed by atoms with Crippen LogP contribution in [-0.2, 0) is 11.8 Å². The number of amides is 2. The molecule has 0 aliphatic heterocycles. The summed E-state index contributed by atoms with van der Waals surface area (Å²) in [6.07, 6.45) is 0. The van der Waals surface area contributed by atoms with Crippen LogP contribution in [0.3, 0.4) is 0 Å². The van der Waals surface area contributed by atoms with E-state index < -0.39 is 35.3 Å². The van der Waals surface area contributed by atoms with Gasteiger partial charge < -0.3 is 15.2 Å². The van der Waals surface area contributed by atoms with E-state index in [-0.39, 0.29) is 17.0 Å². The van der Waals surface area contributed by atoms with Gasteiger partial charge in [0.1, 0.15) is 17.5 Å². The van der Waals surface area contributed by atoms with Crippen molar-refractivity contribution in [3.05, 3.63) is 71.3 Å². The number of thioether (sulfide) groups is 1. The average Bonchev–Trinajstić information content (AvgIpc) is 3.09. The SMILES string of the molecule is CC(NC(=O)c1ccccc1F)c1nnc(SCC(=O)Nc2ccc(F)cc2F)n1C. The van der Waals surface area contributed by atoms with Gasteiger partial charge in [0.05, 0.1) is 23.0 Å². The summed E-state index contributed by atoms with van der Waals surface area (Å²) >= 11 is 1.05. The van der Waals surface area contributed by atoms with Gasteiger partial charge in [-0.05, 0) is 31.2 Å². The Hall–Kier alpha value is -3.34. The second-order valence-electron chi connectivity index (χ2n) is 6.54. The van der Waals surface area contributed by atoms with Crippen molar-refractivity contribution < 1.29 is 22.8 Å². The van der Waals surface area contributed by atoms with Crippen LogP contribution in [0.1, 0.15) is 29.1 Å². The van der Waals surface area contributed by atoms with Crippen LogP contribution in [-0.4, -0.2) is 32.3 Å². The van der Waals surface area contributed by atoms with Crippen molar-refractivity contribution in [3.8, 4) is 0 Å². The van der Waals surface area contributed by atoms with Gasteiger partial charge in [0.15, 0.2) is 11.0 Å². The molecule has 1 atom stereocenters. The second kappa shape index (κ2) is 9.65. The summed E-state index contributed by atoms with van der Waals surface area (Å²) in [5, 5.41) is 13.4. The molecule has 31 heavy (non-hydrogen) atoms. The molecule has 0 aliphatic carbocycles. The summed E-state index contributed by atoms with van der Waals surface area (Å²) in [7, 11) is 1.65. The summed E-state index contributed by atoms with van der Waals surface area (Å²) in [5.74, 6) is -3.06. The van der Waals surface area contributed by atoms with Gasteiger partial charge >= 0.3 is 0 Å². The van der Waals surface area contributed by atoms with Crippen LogP contribution in [0, 0.1) is 17.5 Å². The molecule has 0 saturated carbocycles. The smallest absolute Gasteiger partial charge is 0.254 e. The van der Waals surface area contributed by atoms with Gasteiger partial charge in [0.2, 0.25) is 5.91 Å². The van der Waals surface area contributed by atoms with Crippen molar-refractivity contribution in [2.45, 2.75) is 18.1 Å². The molecule has 1 unspecified atom stereocenters. The number of benzene rings is 2. The maximum absolute atomic E-state index is 13.8. The molecule has 0 fully saturated rings. The number of carbonyl (C=O) groups is 2. The van der Waals surface area contributed by atoms with Crippen LogP contribution >= 0.6 is 11.8 Å². The summed E-state index contributed by atoms with van der Waals surface area (Å²) in [4.78, 5) is 24.4. The van der Waals surface area contributed by atoms with Gasteiger partial charge in [-0.15, -0.1) is 10.2 Å². The summed E-state index contributed by atoms with van der Waals surface area (Å²) in [6, 6.07) is 7.88. The van der Waals surface area contributed by atoms with Gasteiger partial charge in [0.25, 0.3) is 5.91 Å². The van der Waals surface area contributed by atoms with Crippen LogP contribution in [0.15, 0.2) is 47.6 Å². The predicted octanol–water partition coefficient (Wildman–Crippen LogP) is 3.45. The summed E-state index contributed by atoms with van der Waals surface area (Å²) in [6.45, 7) is 1.67. The highest BCUT2D eigenvalue weighted by Gasteiger charge is 2.20. The summed E-state index contributed by atoms with van der Waals surface area (Å²) < 4.78 is 41.9. The van der Waals surface area contributed by atoms with Crippen molar-refractivity contribution >= 4 is 29.3 Å². The molecule has 0 radical (unpaired) electrons. The van der Waals surface area contributed by atoms with E-state index in [0.29, 0.717) is 17.0 Å². The molecule has 0 bridgehead atoms. The highest BCUT2D eigenvalue weighted by molar-refractivity contribution is 7.99. The third-order valence-electron chi connectivity index (χ3n) is 4.26. The molecular weight excluding hydrogens is 431 g/mol. The van der Waals surface area contributed by atoms with Crippen LogP contribution in [0.4, 0.5) is 18.9 Å². The van der Waals surface area contributed by atoms with Crippen LogP contribution in [0.5, 0.6) is 0 Å². The Morgan fingerprint density at radius 3 is 2.55 bits per heavy atom. The van der Waals surface area contributed by atoms with Crippen LogP contribution in [0.2, 0.25) is 0 Å². The second-order valence-corrected chi connectivity index (χ2v) is 7.48. The number of nitrogens with zero attached hydrogens (tertiary/aromatic N) is 3. The zero-order valence-corrected chi connectivity index (χ0v) is 17.3. The molecule has 7 nitrogen and oxygen atoms in total. The Labute approximate surface area is 180 Å². The van der Waals surface area contributed by atoms with Crippen molar-refractivity contribution in [1.82, 2.24) is 20.1 Å². The zero-order chi connectivity index (χ0) is 22.5. The molecule has 2 N–H and O–H groups in total. The number of anilines is 1. The van der Waals surface area contributed by atoms with Crippen LogP contribution < -0.4 is 10.6 Å². The lowest BCUT2D eigenvalue weighted by molar-refractivity contribution is -0.113. The van der Waals surface area contributed by atoms with Gasteiger partial charge in [-0.3, -0.25) is 9.59 Å². The third kappa shape index (κ3) is 5.43. The molecular formula is C20H18F3N5O2S. The molecule has 162 valence electrons. The van der Waals surface area contributed by atoms with E-state index in [1.807, 2.05) is 0 Å². The van der Waals surface area contributed by atoms with Crippen molar-refractivity contribution in [2.24, 2.45) is 7.05 Å². The average molecular weight is 449 g/mol. The molecule has 3 rings (SSSR count). The Kier molecular flexibility index (Phi) is 6.95. The van der Waals surface area contributed by atoms with E-state index >= 15 is 0 Å². The van der Waals surface area contributed by atoms with Crippen LogP contribution in [0.25, 0.3) is 0 Å². The first-order valence-electron chi connectivity index (χ1n) is 9.08. The number of hydrogen-bond donors (Lipinski definition) is 2. The summed E-state index contributed by atoms with van der Waals surface area (Å²) in [5.41, 5.74) is -0.217. The molecule has 1 aromatic heterocycles. The van der Waals surface area contributed by atoms with Gasteiger partial charge in [-0.25, -0.2) is 13.2 Å². The van der Waals surface area contributed by atoms with Gasteiger partial charge in [-0.2, -0.15) is 0 Å². The Morgan fingerprint density at radius 1 is 1.10 bits per heavy atom. The number of rotatable bonds is 7. The highest BCUT2D eigenvalue weighted by atomic mass is 32.2. The highest BCUT2D eigenvalue weighted by Crippen LogP contribution is 2.21. The Balaban J connectivity index is 1.59. The number of carbonyl (C=O) groups excluding carboxylic acids is 2. The van der Waals surface area contributed by atoms with E-state index in [0.717, 1.165) is 23.9 Å². The number of halogens is 3. The van der Waals surface area contributed by atoms with Crippen molar-refractivity contribution in [1.29, 1.82) is 0 Å². The Morgan fingerprint density at radius 2 is 1.84 bits per heavy atom. The molecule has 1 heterocycles. The largest absolute Gasteiger partial charge is 0.342 e. The normalized spacial score (nSPS) is 11.8. The predicted molar refractivity (Wildman–Crippen MR) is 109 cm³/mol. The molecule has 0 saturated heterocycles. The first-order valence-corrected chi connectivity index (χ1v) is 10.1. The lowest BCUT2D eigenvalue weighted by Crippen LogP contribution is -2.29. The maximum atomic E-state index is 13.8. The molecule has 0 aliphatic rings. The minimum Gasteiger partial charge on any atom is -0.342 e. The number of hydrogen-bond acceptors (Lipinski definition) is 5. The monoisotopic (exact) mass is 449 g/mol. The number of nitrogens with one attached hydrogen (secondary N) is 2. The Bertz CT molecular complexity index is 1120. The fourth-order valence-corrected chi connectivity index (χ4v) is 3.44. The fraction of sp³-hybridized carbons (Fsp3) is 0.200. The molecule has 2 amide bonds. The first kappa shape index (κ1) is 22.3. The van der Waals surface area contributed by atoms with Crippen molar-refractivity contribution in [3.63, 3.8) is 0 Å². The third-order valence-corrected chi connectivity index (χ3v) is 5.28. The minimum atomic E-state index is -0.876. The zero-order valence-electron chi connectivity index (χ0n) is 16.5. The standard InChI is InChI=1S/C20H18F3N5O2S/c1-11(24-19(30)13-5-3-4-6-14(13)22)18-26-27-20(28(18)2)31-10-17(29)25-16-8-7-12(21)9-15(16)23/h3-9,11H,10H2,1-2H3,(H,24,30)(H,25,29). The van der Waals surface area contributed by atoms with Gasteiger partial charge in [-0.1, -0.05) is 23.9 Å². The molecule has 3 aromatic rings. The first-order chi connectivity index (χ1) is 14.8. The minimum absolute atomic E-state index is 0.0872. The molecule has 2 aromatic carbocycles.